The van der Waals surface area contributed by atoms with E-state index in [0.29, 0.717) is 12.1 Å². The van der Waals surface area contributed by atoms with Crippen molar-refractivity contribution >= 4 is 28.3 Å². The van der Waals surface area contributed by atoms with E-state index in [9.17, 15) is 9.59 Å². The maximum Gasteiger partial charge on any atom is 0.325 e. The molecule has 156 valence electrons. The Bertz CT molecular complexity index is 986. The molecule has 0 bridgehead atoms. The van der Waals surface area contributed by atoms with Crippen molar-refractivity contribution in [2.24, 2.45) is 0 Å². The van der Waals surface area contributed by atoms with Gasteiger partial charge in [0.1, 0.15) is 6.04 Å². The van der Waals surface area contributed by atoms with Crippen molar-refractivity contribution in [3.8, 4) is 11.3 Å². The summed E-state index contributed by atoms with van der Waals surface area (Å²) in [5.41, 5.74) is 3.57. The average molecular weight is 424 g/mol. The molecule has 1 heterocycles. The molecule has 2 aromatic carbocycles. The first kappa shape index (κ1) is 21.5. The zero-order valence-electron chi connectivity index (χ0n) is 17.0. The molecule has 0 saturated carbocycles. The topological polar surface area (TPSA) is 82.5 Å². The van der Waals surface area contributed by atoms with Crippen LogP contribution in [0, 0.1) is 0 Å². The molecule has 1 aromatic heterocycles. The highest BCUT2D eigenvalue weighted by Gasteiger charge is 2.16. The molecule has 1 amide bonds. The molecule has 1 unspecified atom stereocenters. The second-order valence-electron chi connectivity index (χ2n) is 7.03. The van der Waals surface area contributed by atoms with Gasteiger partial charge in [0.05, 0.1) is 5.69 Å². The quantitative estimate of drug-likeness (QED) is 0.532. The number of carboxylic acids is 1. The van der Waals surface area contributed by atoms with Crippen LogP contribution >= 0.6 is 11.3 Å². The lowest BCUT2D eigenvalue weighted by atomic mass is 10.1. The number of nitrogens with one attached hydrogen (secondary N) is 1. The van der Waals surface area contributed by atoms with E-state index in [-0.39, 0.29) is 0 Å². The van der Waals surface area contributed by atoms with Crippen LogP contribution in [-0.4, -0.2) is 34.6 Å². The van der Waals surface area contributed by atoms with Crippen molar-refractivity contribution in [2.45, 2.75) is 32.9 Å². The van der Waals surface area contributed by atoms with Crippen molar-refractivity contribution in [2.75, 3.05) is 11.4 Å². The van der Waals surface area contributed by atoms with Gasteiger partial charge in [-0.05, 0) is 31.0 Å². The Morgan fingerprint density at radius 2 is 1.83 bits per heavy atom. The van der Waals surface area contributed by atoms with Crippen LogP contribution in [0.3, 0.4) is 0 Å². The number of carbonyl (C=O) groups is 2. The van der Waals surface area contributed by atoms with Crippen molar-refractivity contribution < 1.29 is 14.7 Å². The molecule has 7 heteroatoms. The molecule has 2 N–H and O–H groups in total. The summed E-state index contributed by atoms with van der Waals surface area (Å²) in [5.74, 6) is -1.46. The number of carboxylic acid groups (broad SMARTS) is 1. The van der Waals surface area contributed by atoms with Gasteiger partial charge in [-0.15, -0.1) is 11.3 Å². The van der Waals surface area contributed by atoms with Gasteiger partial charge in [0.15, 0.2) is 5.13 Å². The summed E-state index contributed by atoms with van der Waals surface area (Å²) in [7, 11) is 0. The summed E-state index contributed by atoms with van der Waals surface area (Å²) in [6.07, 6.45) is 0.994. The SMILES string of the molecule is CCCN(Cc1ccc(C(=O)NC(C)C(=O)O)cc1)c1nc(-c2ccccc2)cs1. The number of anilines is 1. The molecular weight excluding hydrogens is 398 g/mol. The molecule has 0 saturated heterocycles. The van der Waals surface area contributed by atoms with Gasteiger partial charge in [0, 0.05) is 29.6 Å². The molecule has 1 atom stereocenters. The number of hydrogen-bond donors (Lipinski definition) is 2. The van der Waals surface area contributed by atoms with Gasteiger partial charge >= 0.3 is 5.97 Å². The molecule has 3 rings (SSSR count). The first-order valence-electron chi connectivity index (χ1n) is 9.86. The third kappa shape index (κ3) is 5.45. The van der Waals surface area contributed by atoms with Crippen molar-refractivity contribution in [3.05, 3.63) is 71.1 Å². The number of aromatic nitrogens is 1. The Hall–Kier alpha value is -3.19. The minimum Gasteiger partial charge on any atom is -0.480 e. The normalized spacial score (nSPS) is 11.7. The fourth-order valence-corrected chi connectivity index (χ4v) is 3.85. The van der Waals surface area contributed by atoms with E-state index in [4.69, 9.17) is 10.1 Å². The van der Waals surface area contributed by atoms with Crippen LogP contribution in [0.5, 0.6) is 0 Å². The molecule has 0 radical (unpaired) electrons. The lowest BCUT2D eigenvalue weighted by Gasteiger charge is -2.21. The maximum atomic E-state index is 12.2. The van der Waals surface area contributed by atoms with E-state index < -0.39 is 17.9 Å². The van der Waals surface area contributed by atoms with Crippen molar-refractivity contribution in [1.29, 1.82) is 0 Å². The predicted molar refractivity (Wildman–Crippen MR) is 120 cm³/mol. The maximum absolute atomic E-state index is 12.2. The zero-order valence-corrected chi connectivity index (χ0v) is 17.9. The molecule has 30 heavy (non-hydrogen) atoms. The van der Waals surface area contributed by atoms with Crippen LogP contribution < -0.4 is 10.2 Å². The molecule has 3 aromatic rings. The molecular formula is C23H25N3O3S. The number of benzene rings is 2. The summed E-state index contributed by atoms with van der Waals surface area (Å²) >= 11 is 1.62. The Morgan fingerprint density at radius 1 is 1.13 bits per heavy atom. The highest BCUT2D eigenvalue weighted by atomic mass is 32.1. The number of amides is 1. The van der Waals surface area contributed by atoms with Crippen molar-refractivity contribution in [1.82, 2.24) is 10.3 Å². The van der Waals surface area contributed by atoms with Crippen LogP contribution in [-0.2, 0) is 11.3 Å². The Kier molecular flexibility index (Phi) is 7.19. The molecule has 0 fully saturated rings. The number of rotatable bonds is 9. The van der Waals surface area contributed by atoms with E-state index in [0.717, 1.165) is 34.9 Å². The Balaban J connectivity index is 1.70. The number of carbonyl (C=O) groups excluding carboxylic acids is 1. The van der Waals surface area contributed by atoms with Gasteiger partial charge < -0.3 is 15.3 Å². The van der Waals surface area contributed by atoms with Crippen LogP contribution in [0.2, 0.25) is 0 Å². The van der Waals surface area contributed by atoms with Gasteiger partial charge in [0.2, 0.25) is 0 Å². The van der Waals surface area contributed by atoms with E-state index >= 15 is 0 Å². The van der Waals surface area contributed by atoms with Gasteiger partial charge in [-0.2, -0.15) is 0 Å². The monoisotopic (exact) mass is 423 g/mol. The van der Waals surface area contributed by atoms with Gasteiger partial charge in [-0.3, -0.25) is 9.59 Å². The van der Waals surface area contributed by atoms with Crippen molar-refractivity contribution in [3.63, 3.8) is 0 Å². The molecule has 0 spiro atoms. The third-order valence-electron chi connectivity index (χ3n) is 4.63. The fourth-order valence-electron chi connectivity index (χ4n) is 2.99. The highest BCUT2D eigenvalue weighted by molar-refractivity contribution is 7.14. The fraction of sp³-hybridized carbons (Fsp3) is 0.261. The summed E-state index contributed by atoms with van der Waals surface area (Å²) in [5, 5.41) is 14.4. The van der Waals surface area contributed by atoms with E-state index in [1.165, 1.54) is 6.92 Å². The summed E-state index contributed by atoms with van der Waals surface area (Å²) < 4.78 is 0. The van der Waals surface area contributed by atoms with E-state index in [2.05, 4.69) is 34.7 Å². The number of aliphatic carboxylic acids is 1. The summed E-state index contributed by atoms with van der Waals surface area (Å²) in [6, 6.07) is 16.4. The standard InChI is InChI=1S/C23H25N3O3S/c1-3-13-26(23-25-20(15-30-23)18-7-5-4-6-8-18)14-17-9-11-19(12-10-17)21(27)24-16(2)22(28)29/h4-12,15-16H,3,13-14H2,1-2H3,(H,24,27)(H,28,29). The van der Waals surface area contributed by atoms with Gasteiger partial charge in [0.25, 0.3) is 5.91 Å². The summed E-state index contributed by atoms with van der Waals surface area (Å²) in [6.45, 7) is 5.13. The van der Waals surface area contributed by atoms with E-state index in [1.807, 2.05) is 30.3 Å². The largest absolute Gasteiger partial charge is 0.480 e. The van der Waals surface area contributed by atoms with Crippen LogP contribution in [0.25, 0.3) is 11.3 Å². The highest BCUT2D eigenvalue weighted by Crippen LogP contribution is 2.28. The first-order chi connectivity index (χ1) is 14.5. The Morgan fingerprint density at radius 3 is 2.47 bits per heavy atom. The van der Waals surface area contributed by atoms with Crippen LogP contribution in [0.15, 0.2) is 60.0 Å². The third-order valence-corrected chi connectivity index (χ3v) is 5.53. The lowest BCUT2D eigenvalue weighted by molar-refractivity contribution is -0.138. The molecule has 0 aliphatic rings. The van der Waals surface area contributed by atoms with E-state index in [1.54, 1.807) is 23.5 Å². The minimum absolute atomic E-state index is 0.394. The van der Waals surface area contributed by atoms with Crippen LogP contribution in [0.1, 0.15) is 36.2 Å². The number of nitrogens with zero attached hydrogens (tertiary/aromatic N) is 2. The summed E-state index contributed by atoms with van der Waals surface area (Å²) in [4.78, 5) is 30.1. The molecule has 6 nitrogen and oxygen atoms in total. The first-order valence-corrected chi connectivity index (χ1v) is 10.7. The smallest absolute Gasteiger partial charge is 0.325 e. The lowest BCUT2D eigenvalue weighted by Crippen LogP contribution is -2.38. The average Bonchev–Trinajstić information content (AvgIpc) is 3.24. The zero-order chi connectivity index (χ0) is 21.5. The predicted octanol–water partition coefficient (Wildman–Crippen LogP) is 4.43. The Labute approximate surface area is 180 Å². The second-order valence-corrected chi connectivity index (χ2v) is 7.87. The van der Waals surface area contributed by atoms with Gasteiger partial charge in [-0.25, -0.2) is 4.98 Å². The van der Waals surface area contributed by atoms with Gasteiger partial charge in [-0.1, -0.05) is 49.4 Å². The number of thiazole rings is 1. The molecule has 0 aliphatic carbocycles. The second kappa shape index (κ2) is 10.0. The van der Waals surface area contributed by atoms with Crippen LogP contribution in [0.4, 0.5) is 5.13 Å². The molecule has 0 aliphatic heterocycles. The minimum atomic E-state index is -1.06. The number of hydrogen-bond acceptors (Lipinski definition) is 5.